The van der Waals surface area contributed by atoms with Crippen molar-refractivity contribution in [2.45, 2.75) is 50.5 Å². The molecular weight excluding hydrogens is 322 g/mol. The molecule has 0 aromatic heterocycles. The first-order valence-corrected chi connectivity index (χ1v) is 9.75. The van der Waals surface area contributed by atoms with Crippen LogP contribution in [0.2, 0.25) is 0 Å². The van der Waals surface area contributed by atoms with Crippen LogP contribution in [0.1, 0.15) is 54.5 Å². The van der Waals surface area contributed by atoms with Crippen molar-refractivity contribution < 1.29 is 9.53 Å². The van der Waals surface area contributed by atoms with Crippen molar-refractivity contribution >= 4 is 5.91 Å². The Balaban J connectivity index is 1.56. The zero-order valence-corrected chi connectivity index (χ0v) is 15.5. The van der Waals surface area contributed by atoms with Gasteiger partial charge in [-0.3, -0.25) is 4.79 Å². The summed E-state index contributed by atoms with van der Waals surface area (Å²) in [4.78, 5) is 13.4. The second-order valence-electron chi connectivity index (χ2n) is 7.64. The molecule has 4 rings (SSSR count). The van der Waals surface area contributed by atoms with Crippen LogP contribution in [0.4, 0.5) is 0 Å². The Bertz CT molecular complexity index is 778. The molecule has 0 bridgehead atoms. The van der Waals surface area contributed by atoms with E-state index in [1.165, 1.54) is 29.5 Å². The van der Waals surface area contributed by atoms with Crippen LogP contribution in [0.25, 0.3) is 0 Å². The average Bonchev–Trinajstić information content (AvgIpc) is 3.17. The molecule has 3 nitrogen and oxygen atoms in total. The van der Waals surface area contributed by atoms with E-state index in [-0.39, 0.29) is 11.9 Å². The van der Waals surface area contributed by atoms with Crippen LogP contribution in [0.5, 0.6) is 0 Å². The van der Waals surface area contributed by atoms with Crippen molar-refractivity contribution in [3.8, 4) is 0 Å². The predicted molar refractivity (Wildman–Crippen MR) is 103 cm³/mol. The zero-order valence-electron chi connectivity index (χ0n) is 15.5. The minimum atomic E-state index is -0.482. The molecule has 2 aromatic rings. The molecule has 3 heteroatoms. The Morgan fingerprint density at radius 2 is 1.77 bits per heavy atom. The SMILES string of the molecule is C[C@H](NC(=O)C1(c2ccccc2)CCOCC1)c1ccc2c(c1)CCC2. The molecule has 2 aliphatic rings. The van der Waals surface area contributed by atoms with Gasteiger partial charge in [0.05, 0.1) is 11.5 Å². The van der Waals surface area contributed by atoms with Crippen molar-refractivity contribution in [1.29, 1.82) is 0 Å². The molecule has 0 spiro atoms. The maximum absolute atomic E-state index is 13.4. The van der Waals surface area contributed by atoms with Crippen molar-refractivity contribution in [2.24, 2.45) is 0 Å². The topological polar surface area (TPSA) is 38.3 Å². The van der Waals surface area contributed by atoms with E-state index in [0.29, 0.717) is 13.2 Å². The fourth-order valence-electron chi connectivity index (χ4n) is 4.40. The summed E-state index contributed by atoms with van der Waals surface area (Å²) in [7, 11) is 0. The van der Waals surface area contributed by atoms with Gasteiger partial charge < -0.3 is 10.1 Å². The number of nitrogens with one attached hydrogen (secondary N) is 1. The summed E-state index contributed by atoms with van der Waals surface area (Å²) in [5, 5.41) is 3.30. The van der Waals surface area contributed by atoms with Gasteiger partial charge in [-0.1, -0.05) is 48.5 Å². The van der Waals surface area contributed by atoms with Gasteiger partial charge in [0, 0.05) is 13.2 Å². The van der Waals surface area contributed by atoms with Gasteiger partial charge in [-0.25, -0.2) is 0 Å². The summed E-state index contributed by atoms with van der Waals surface area (Å²) in [5.74, 6) is 0.125. The number of carbonyl (C=O) groups is 1. The lowest BCUT2D eigenvalue weighted by molar-refractivity contribution is -0.131. The normalized spacial score (nSPS) is 19.6. The largest absolute Gasteiger partial charge is 0.381 e. The molecule has 136 valence electrons. The molecule has 1 heterocycles. The molecule has 2 aromatic carbocycles. The molecule has 1 fully saturated rings. The summed E-state index contributed by atoms with van der Waals surface area (Å²) in [5.41, 5.74) is 4.74. The standard InChI is InChI=1S/C23H27NO2/c1-17(19-11-10-18-6-5-7-20(18)16-19)24-22(25)23(12-14-26-15-13-23)21-8-3-2-4-9-21/h2-4,8-11,16-17H,5-7,12-15H2,1H3,(H,24,25)/t17-/m0/s1. The van der Waals surface area contributed by atoms with Crippen molar-refractivity contribution in [2.75, 3.05) is 13.2 Å². The van der Waals surface area contributed by atoms with Crippen LogP contribution in [0.15, 0.2) is 48.5 Å². The van der Waals surface area contributed by atoms with E-state index < -0.39 is 5.41 Å². The van der Waals surface area contributed by atoms with Crippen LogP contribution in [-0.4, -0.2) is 19.1 Å². The van der Waals surface area contributed by atoms with E-state index in [1.807, 2.05) is 18.2 Å². The van der Waals surface area contributed by atoms with Crippen LogP contribution in [-0.2, 0) is 27.8 Å². The minimum absolute atomic E-state index is 0.0110. The van der Waals surface area contributed by atoms with Crippen molar-refractivity contribution in [3.05, 3.63) is 70.8 Å². The molecule has 0 saturated carbocycles. The number of aryl methyl sites for hydroxylation is 2. The van der Waals surface area contributed by atoms with Crippen molar-refractivity contribution in [1.82, 2.24) is 5.32 Å². The Kier molecular flexibility index (Phi) is 4.82. The van der Waals surface area contributed by atoms with E-state index in [9.17, 15) is 4.79 Å². The van der Waals surface area contributed by atoms with Crippen LogP contribution in [0.3, 0.4) is 0 Å². The second kappa shape index (κ2) is 7.24. The summed E-state index contributed by atoms with van der Waals surface area (Å²) in [6.07, 6.45) is 5.07. The molecule has 0 radical (unpaired) electrons. The van der Waals surface area contributed by atoms with Gasteiger partial charge >= 0.3 is 0 Å². The van der Waals surface area contributed by atoms with Gasteiger partial charge in [0.25, 0.3) is 0 Å². The molecule has 26 heavy (non-hydrogen) atoms. The quantitative estimate of drug-likeness (QED) is 0.902. The number of hydrogen-bond donors (Lipinski definition) is 1. The maximum atomic E-state index is 13.4. The third-order valence-electron chi connectivity index (χ3n) is 6.08. The number of fused-ring (bicyclic) bond motifs is 1. The minimum Gasteiger partial charge on any atom is -0.381 e. The molecule has 1 aliphatic heterocycles. The maximum Gasteiger partial charge on any atom is 0.231 e. The zero-order chi connectivity index (χ0) is 18.0. The molecule has 1 amide bonds. The first-order chi connectivity index (χ1) is 12.7. The Morgan fingerprint density at radius 1 is 1.04 bits per heavy atom. The average molecular weight is 349 g/mol. The Hall–Kier alpha value is -2.13. The third-order valence-corrected chi connectivity index (χ3v) is 6.08. The predicted octanol–water partition coefficient (Wildman–Crippen LogP) is 4.10. The van der Waals surface area contributed by atoms with Gasteiger partial charge in [0.15, 0.2) is 0 Å². The molecule has 1 aliphatic carbocycles. The van der Waals surface area contributed by atoms with Crippen molar-refractivity contribution in [3.63, 3.8) is 0 Å². The monoisotopic (exact) mass is 349 g/mol. The number of hydrogen-bond acceptors (Lipinski definition) is 2. The third kappa shape index (κ3) is 3.16. The number of amides is 1. The van der Waals surface area contributed by atoms with E-state index >= 15 is 0 Å². The van der Waals surface area contributed by atoms with E-state index in [0.717, 1.165) is 24.8 Å². The number of ether oxygens (including phenoxy) is 1. The Labute approximate surface area is 155 Å². The second-order valence-corrected chi connectivity index (χ2v) is 7.64. The molecule has 1 N–H and O–H groups in total. The number of rotatable bonds is 4. The van der Waals surface area contributed by atoms with Gasteiger partial charge in [0.2, 0.25) is 5.91 Å². The van der Waals surface area contributed by atoms with Crippen LogP contribution < -0.4 is 5.32 Å². The highest BCUT2D eigenvalue weighted by atomic mass is 16.5. The first kappa shape index (κ1) is 17.3. The van der Waals surface area contributed by atoms with Gasteiger partial charge in [0.1, 0.15) is 0 Å². The molecular formula is C23H27NO2. The fourth-order valence-corrected chi connectivity index (χ4v) is 4.40. The number of carbonyl (C=O) groups excluding carboxylic acids is 1. The molecule has 1 atom stereocenters. The fraction of sp³-hybridized carbons (Fsp3) is 0.435. The number of benzene rings is 2. The summed E-state index contributed by atoms with van der Waals surface area (Å²) >= 11 is 0. The van der Waals surface area contributed by atoms with E-state index in [1.54, 1.807) is 0 Å². The lowest BCUT2D eigenvalue weighted by Gasteiger charge is -2.37. The van der Waals surface area contributed by atoms with Gasteiger partial charge in [-0.2, -0.15) is 0 Å². The van der Waals surface area contributed by atoms with Gasteiger partial charge in [-0.15, -0.1) is 0 Å². The van der Waals surface area contributed by atoms with E-state index in [4.69, 9.17) is 4.74 Å². The smallest absolute Gasteiger partial charge is 0.231 e. The van der Waals surface area contributed by atoms with E-state index in [2.05, 4.69) is 42.6 Å². The summed E-state index contributed by atoms with van der Waals surface area (Å²) in [6.45, 7) is 3.36. The first-order valence-electron chi connectivity index (χ1n) is 9.75. The highest BCUT2D eigenvalue weighted by Crippen LogP contribution is 2.36. The Morgan fingerprint density at radius 3 is 2.54 bits per heavy atom. The van der Waals surface area contributed by atoms with Crippen LogP contribution in [0, 0.1) is 0 Å². The highest BCUT2D eigenvalue weighted by molar-refractivity contribution is 5.88. The van der Waals surface area contributed by atoms with Crippen LogP contribution >= 0.6 is 0 Å². The summed E-state index contributed by atoms with van der Waals surface area (Å²) in [6, 6.07) is 16.9. The molecule has 1 saturated heterocycles. The molecule has 0 unspecified atom stereocenters. The van der Waals surface area contributed by atoms with Gasteiger partial charge in [-0.05, 0) is 61.3 Å². The summed E-state index contributed by atoms with van der Waals surface area (Å²) < 4.78 is 5.56. The lowest BCUT2D eigenvalue weighted by atomic mass is 9.73. The lowest BCUT2D eigenvalue weighted by Crippen LogP contribution is -2.48. The highest BCUT2D eigenvalue weighted by Gasteiger charge is 2.42.